The van der Waals surface area contributed by atoms with Crippen molar-refractivity contribution in [2.75, 3.05) is 38.2 Å². The van der Waals surface area contributed by atoms with E-state index in [-0.39, 0.29) is 0 Å². The van der Waals surface area contributed by atoms with Crippen LogP contribution in [0.2, 0.25) is 5.02 Å². The molecule has 0 radical (unpaired) electrons. The number of nitrogens with one attached hydrogen (secondary N) is 1. The molecule has 0 atom stereocenters. The highest BCUT2D eigenvalue weighted by Crippen LogP contribution is 2.40. The Hall–Kier alpha value is -0.930. The molecular formula is C13H17ClN2O. The molecule has 2 fully saturated rings. The molecule has 0 bridgehead atoms. The molecule has 92 valence electrons. The van der Waals surface area contributed by atoms with E-state index in [4.69, 9.17) is 16.3 Å². The van der Waals surface area contributed by atoms with Gasteiger partial charge in [0.1, 0.15) is 5.75 Å². The van der Waals surface area contributed by atoms with Gasteiger partial charge in [0.15, 0.2) is 0 Å². The van der Waals surface area contributed by atoms with Gasteiger partial charge in [0.05, 0.1) is 12.1 Å². The maximum absolute atomic E-state index is 6.14. The lowest BCUT2D eigenvalue weighted by Crippen LogP contribution is -2.57. The molecule has 2 aliphatic rings. The Morgan fingerprint density at radius 3 is 2.82 bits per heavy atom. The average molecular weight is 253 g/mol. The van der Waals surface area contributed by atoms with Gasteiger partial charge in [0, 0.05) is 30.7 Å². The molecule has 4 heteroatoms. The number of benzene rings is 1. The molecule has 0 aliphatic carbocycles. The quantitative estimate of drug-likeness (QED) is 0.873. The monoisotopic (exact) mass is 252 g/mol. The van der Waals surface area contributed by atoms with E-state index in [1.54, 1.807) is 7.11 Å². The van der Waals surface area contributed by atoms with Crippen LogP contribution in [-0.4, -0.2) is 33.3 Å². The molecule has 2 heterocycles. The van der Waals surface area contributed by atoms with Crippen molar-refractivity contribution < 1.29 is 4.74 Å². The van der Waals surface area contributed by atoms with Crippen molar-refractivity contribution in [3.05, 3.63) is 23.2 Å². The van der Waals surface area contributed by atoms with Crippen LogP contribution in [0.3, 0.4) is 0 Å². The number of halogens is 1. The number of ether oxygens (including phenoxy) is 1. The van der Waals surface area contributed by atoms with E-state index in [0.29, 0.717) is 10.4 Å². The minimum Gasteiger partial charge on any atom is -0.495 e. The van der Waals surface area contributed by atoms with E-state index in [2.05, 4.69) is 16.3 Å². The highest BCUT2D eigenvalue weighted by Gasteiger charge is 2.44. The standard InChI is InChI=1S/C13H17ClN2O/c1-17-12-3-2-10(6-11(12)14)16-8-13(9-16)4-5-15-7-13/h2-3,6,15H,4-5,7-9H2,1H3. The molecule has 0 aromatic heterocycles. The Labute approximate surface area is 107 Å². The van der Waals surface area contributed by atoms with Crippen LogP contribution in [0.5, 0.6) is 5.75 Å². The van der Waals surface area contributed by atoms with Gasteiger partial charge in [0.25, 0.3) is 0 Å². The average Bonchev–Trinajstić information content (AvgIpc) is 2.76. The fraction of sp³-hybridized carbons (Fsp3) is 0.538. The minimum atomic E-state index is 0.520. The molecule has 0 amide bonds. The summed E-state index contributed by atoms with van der Waals surface area (Å²) in [5.41, 5.74) is 1.72. The summed E-state index contributed by atoms with van der Waals surface area (Å²) < 4.78 is 5.16. The van der Waals surface area contributed by atoms with Crippen molar-refractivity contribution in [1.82, 2.24) is 5.32 Å². The van der Waals surface area contributed by atoms with Crippen molar-refractivity contribution in [2.24, 2.45) is 5.41 Å². The topological polar surface area (TPSA) is 24.5 Å². The Bertz CT molecular complexity index is 421. The van der Waals surface area contributed by atoms with E-state index in [0.717, 1.165) is 31.9 Å². The van der Waals surface area contributed by atoms with Crippen LogP contribution in [0.15, 0.2) is 18.2 Å². The summed E-state index contributed by atoms with van der Waals surface area (Å²) in [5, 5.41) is 4.13. The smallest absolute Gasteiger partial charge is 0.137 e. The van der Waals surface area contributed by atoms with Crippen LogP contribution < -0.4 is 15.0 Å². The number of anilines is 1. The van der Waals surface area contributed by atoms with Crippen molar-refractivity contribution in [1.29, 1.82) is 0 Å². The first-order valence-corrected chi connectivity index (χ1v) is 6.39. The summed E-state index contributed by atoms with van der Waals surface area (Å²) >= 11 is 6.14. The predicted molar refractivity (Wildman–Crippen MR) is 70.1 cm³/mol. The van der Waals surface area contributed by atoms with Gasteiger partial charge in [-0.05, 0) is 31.2 Å². The summed E-state index contributed by atoms with van der Waals surface area (Å²) in [5.74, 6) is 0.744. The van der Waals surface area contributed by atoms with Crippen LogP contribution in [0, 0.1) is 5.41 Å². The summed E-state index contributed by atoms with van der Waals surface area (Å²) in [6.45, 7) is 4.61. The predicted octanol–water partition coefficient (Wildman–Crippen LogP) is 2.15. The second kappa shape index (κ2) is 4.07. The fourth-order valence-electron chi connectivity index (χ4n) is 2.86. The van der Waals surface area contributed by atoms with Crippen LogP contribution >= 0.6 is 11.6 Å². The van der Waals surface area contributed by atoms with Crippen LogP contribution in [0.4, 0.5) is 5.69 Å². The van der Waals surface area contributed by atoms with E-state index < -0.39 is 0 Å². The van der Waals surface area contributed by atoms with Crippen molar-refractivity contribution >= 4 is 17.3 Å². The number of hydrogen-bond donors (Lipinski definition) is 1. The normalized spacial score (nSPS) is 21.6. The van der Waals surface area contributed by atoms with Gasteiger partial charge in [-0.25, -0.2) is 0 Å². The van der Waals surface area contributed by atoms with Crippen LogP contribution in [-0.2, 0) is 0 Å². The van der Waals surface area contributed by atoms with Gasteiger partial charge in [-0.15, -0.1) is 0 Å². The summed E-state index contributed by atoms with van der Waals surface area (Å²) in [6.07, 6.45) is 1.30. The van der Waals surface area contributed by atoms with E-state index in [9.17, 15) is 0 Å². The summed E-state index contributed by atoms with van der Waals surface area (Å²) in [7, 11) is 1.64. The number of rotatable bonds is 2. The zero-order chi connectivity index (χ0) is 11.9. The van der Waals surface area contributed by atoms with Gasteiger partial charge in [0.2, 0.25) is 0 Å². The Balaban J connectivity index is 1.72. The Morgan fingerprint density at radius 2 is 2.24 bits per heavy atom. The molecule has 3 rings (SSSR count). The molecule has 1 aromatic carbocycles. The van der Waals surface area contributed by atoms with Crippen molar-refractivity contribution in [2.45, 2.75) is 6.42 Å². The third-order valence-electron chi connectivity index (χ3n) is 3.89. The number of methoxy groups -OCH3 is 1. The largest absolute Gasteiger partial charge is 0.495 e. The third-order valence-corrected chi connectivity index (χ3v) is 4.18. The molecule has 17 heavy (non-hydrogen) atoms. The molecule has 3 nitrogen and oxygen atoms in total. The molecule has 1 N–H and O–H groups in total. The number of nitrogens with zero attached hydrogens (tertiary/aromatic N) is 1. The second-order valence-corrected chi connectivity index (χ2v) is 5.51. The van der Waals surface area contributed by atoms with Gasteiger partial charge in [-0.1, -0.05) is 11.6 Å². The molecule has 1 aromatic rings. The molecule has 2 saturated heterocycles. The first kappa shape index (κ1) is 11.2. The molecule has 2 aliphatic heterocycles. The maximum atomic E-state index is 6.14. The van der Waals surface area contributed by atoms with Crippen molar-refractivity contribution in [3.63, 3.8) is 0 Å². The van der Waals surface area contributed by atoms with E-state index >= 15 is 0 Å². The zero-order valence-corrected chi connectivity index (χ0v) is 10.8. The molecule has 1 spiro atoms. The third kappa shape index (κ3) is 1.87. The SMILES string of the molecule is COc1ccc(N2CC3(CCNC3)C2)cc1Cl. The van der Waals surface area contributed by atoms with Gasteiger partial charge < -0.3 is 15.0 Å². The highest BCUT2D eigenvalue weighted by atomic mass is 35.5. The molecular weight excluding hydrogens is 236 g/mol. The van der Waals surface area contributed by atoms with E-state index in [1.807, 2.05) is 12.1 Å². The summed E-state index contributed by atoms with van der Waals surface area (Å²) in [6, 6.07) is 6.02. The Morgan fingerprint density at radius 1 is 1.41 bits per heavy atom. The molecule has 0 saturated carbocycles. The van der Waals surface area contributed by atoms with Gasteiger partial charge >= 0.3 is 0 Å². The molecule has 0 unspecified atom stereocenters. The first-order valence-electron chi connectivity index (χ1n) is 6.02. The van der Waals surface area contributed by atoms with Crippen molar-refractivity contribution in [3.8, 4) is 5.75 Å². The maximum Gasteiger partial charge on any atom is 0.137 e. The van der Waals surface area contributed by atoms with Crippen LogP contribution in [0.1, 0.15) is 6.42 Å². The summed E-state index contributed by atoms with van der Waals surface area (Å²) in [4.78, 5) is 2.39. The lowest BCUT2D eigenvalue weighted by atomic mass is 9.79. The fourth-order valence-corrected chi connectivity index (χ4v) is 3.12. The highest BCUT2D eigenvalue weighted by molar-refractivity contribution is 6.32. The van der Waals surface area contributed by atoms with Gasteiger partial charge in [-0.2, -0.15) is 0 Å². The first-order chi connectivity index (χ1) is 8.22. The lowest BCUT2D eigenvalue weighted by molar-refractivity contribution is 0.243. The zero-order valence-electron chi connectivity index (χ0n) is 10.0. The van der Waals surface area contributed by atoms with Gasteiger partial charge in [-0.3, -0.25) is 0 Å². The number of hydrogen-bond acceptors (Lipinski definition) is 3. The minimum absolute atomic E-state index is 0.520. The second-order valence-electron chi connectivity index (χ2n) is 5.10. The van der Waals surface area contributed by atoms with Crippen LogP contribution in [0.25, 0.3) is 0 Å². The van der Waals surface area contributed by atoms with E-state index in [1.165, 1.54) is 12.1 Å². The lowest BCUT2D eigenvalue weighted by Gasteiger charge is -2.49. The Kier molecular flexibility index (Phi) is 2.68.